The van der Waals surface area contributed by atoms with Crippen LogP contribution in [-0.2, 0) is 19.6 Å². The summed E-state index contributed by atoms with van der Waals surface area (Å²) < 4.78 is 25.3. The molecule has 28 heavy (non-hydrogen) atoms. The van der Waals surface area contributed by atoms with Crippen molar-refractivity contribution in [2.45, 2.75) is 51.1 Å². The topological polar surface area (TPSA) is 86.8 Å². The summed E-state index contributed by atoms with van der Waals surface area (Å²) in [7, 11) is -3.63. The van der Waals surface area contributed by atoms with Crippen molar-refractivity contribution in [3.63, 3.8) is 0 Å². The Balaban J connectivity index is 2.02. The normalized spacial score (nSPS) is 24.6. The third-order valence-electron chi connectivity index (χ3n) is 5.60. The number of nitrogens with zero attached hydrogens (tertiary/aromatic N) is 2. The minimum Gasteiger partial charge on any atom is -0.351 e. The highest BCUT2D eigenvalue weighted by Gasteiger charge is 2.50. The molecule has 7 nitrogen and oxygen atoms in total. The van der Waals surface area contributed by atoms with Gasteiger partial charge in [-0.3, -0.25) is 14.5 Å². The van der Waals surface area contributed by atoms with Crippen molar-refractivity contribution in [3.8, 4) is 0 Å². The fourth-order valence-electron chi connectivity index (χ4n) is 3.94. The lowest BCUT2D eigenvalue weighted by atomic mass is 9.93. The number of hydrogen-bond donors (Lipinski definition) is 1. The molecule has 1 heterocycles. The SMILES string of the molecule is Cc1ccc(N2C(=O)CN(S(C)(=O)=O)CC2(C)C(=O)NC2CCCC2)cc1Cl. The van der Waals surface area contributed by atoms with E-state index in [-0.39, 0.29) is 25.0 Å². The first-order valence-electron chi connectivity index (χ1n) is 9.37. The number of carbonyl (C=O) groups excluding carboxylic acids is 2. The van der Waals surface area contributed by atoms with Crippen LogP contribution in [0.1, 0.15) is 38.2 Å². The van der Waals surface area contributed by atoms with E-state index in [2.05, 4.69) is 5.32 Å². The first-order valence-corrected chi connectivity index (χ1v) is 11.6. The maximum atomic E-state index is 13.3. The number of anilines is 1. The maximum absolute atomic E-state index is 13.3. The Hall–Kier alpha value is -1.64. The van der Waals surface area contributed by atoms with Crippen molar-refractivity contribution < 1.29 is 18.0 Å². The van der Waals surface area contributed by atoms with Gasteiger partial charge in [-0.1, -0.05) is 30.5 Å². The van der Waals surface area contributed by atoms with Crippen molar-refractivity contribution in [3.05, 3.63) is 28.8 Å². The number of piperazine rings is 1. The summed E-state index contributed by atoms with van der Waals surface area (Å²) in [6.45, 7) is 3.04. The van der Waals surface area contributed by atoms with Crippen molar-refractivity contribution in [2.24, 2.45) is 0 Å². The smallest absolute Gasteiger partial charge is 0.247 e. The molecule has 0 aromatic heterocycles. The van der Waals surface area contributed by atoms with Crippen LogP contribution in [0.5, 0.6) is 0 Å². The van der Waals surface area contributed by atoms with Gasteiger partial charge < -0.3 is 5.32 Å². The van der Waals surface area contributed by atoms with Gasteiger partial charge in [-0.2, -0.15) is 4.31 Å². The Morgan fingerprint density at radius 3 is 2.50 bits per heavy atom. The Morgan fingerprint density at radius 1 is 1.29 bits per heavy atom. The molecule has 154 valence electrons. The first-order chi connectivity index (χ1) is 13.0. The number of aryl methyl sites for hydroxylation is 1. The summed E-state index contributed by atoms with van der Waals surface area (Å²) in [4.78, 5) is 27.7. The van der Waals surface area contributed by atoms with Gasteiger partial charge in [0.15, 0.2) is 0 Å². The Bertz CT molecular complexity index is 898. The molecule has 0 spiro atoms. The zero-order chi connectivity index (χ0) is 20.7. The van der Waals surface area contributed by atoms with Crippen LogP contribution in [0.2, 0.25) is 5.02 Å². The molecule has 1 unspecified atom stereocenters. The molecule has 9 heteroatoms. The third kappa shape index (κ3) is 4.04. The van der Waals surface area contributed by atoms with E-state index in [9.17, 15) is 18.0 Å². The zero-order valence-electron chi connectivity index (χ0n) is 16.4. The van der Waals surface area contributed by atoms with Crippen molar-refractivity contribution >= 4 is 39.1 Å². The molecule has 1 saturated heterocycles. The second-order valence-corrected chi connectivity index (χ2v) is 10.3. The second kappa shape index (κ2) is 7.65. The van der Waals surface area contributed by atoms with Crippen LogP contribution in [0.15, 0.2) is 18.2 Å². The van der Waals surface area contributed by atoms with Gasteiger partial charge in [-0.15, -0.1) is 0 Å². The summed E-state index contributed by atoms with van der Waals surface area (Å²) in [6, 6.07) is 5.21. The van der Waals surface area contributed by atoms with Gasteiger partial charge >= 0.3 is 0 Å². The molecule has 2 amide bonds. The lowest BCUT2D eigenvalue weighted by Gasteiger charge is -2.46. The van der Waals surface area contributed by atoms with Crippen molar-refractivity contribution in [1.29, 1.82) is 0 Å². The van der Waals surface area contributed by atoms with Gasteiger partial charge in [-0.05, 0) is 44.4 Å². The summed E-state index contributed by atoms with van der Waals surface area (Å²) in [6.07, 6.45) is 4.93. The quantitative estimate of drug-likeness (QED) is 0.796. The molecule has 1 atom stereocenters. The molecule has 1 saturated carbocycles. The minimum absolute atomic E-state index is 0.0523. The molecule has 3 rings (SSSR count). The average Bonchev–Trinajstić information content (AvgIpc) is 3.09. The molecule has 1 aromatic carbocycles. The molecule has 1 aliphatic heterocycles. The van der Waals surface area contributed by atoms with E-state index in [1.807, 2.05) is 6.92 Å². The average molecular weight is 428 g/mol. The summed E-state index contributed by atoms with van der Waals surface area (Å²) in [5.74, 6) is -0.807. The van der Waals surface area contributed by atoms with E-state index in [0.717, 1.165) is 41.8 Å². The Morgan fingerprint density at radius 2 is 1.93 bits per heavy atom. The van der Waals surface area contributed by atoms with Crippen molar-refractivity contribution in [2.75, 3.05) is 24.2 Å². The zero-order valence-corrected chi connectivity index (χ0v) is 17.9. The highest BCUT2D eigenvalue weighted by atomic mass is 35.5. The van der Waals surface area contributed by atoms with Gasteiger partial charge in [-0.25, -0.2) is 8.42 Å². The van der Waals surface area contributed by atoms with Gasteiger partial charge in [0.05, 0.1) is 12.8 Å². The minimum atomic E-state index is -3.63. The molecule has 2 aliphatic rings. The second-order valence-electron chi connectivity index (χ2n) is 7.92. The van der Waals surface area contributed by atoms with Crippen LogP contribution in [0, 0.1) is 6.92 Å². The molecule has 1 aliphatic carbocycles. The summed E-state index contributed by atoms with van der Waals surface area (Å²) in [5, 5.41) is 3.50. The van der Waals surface area contributed by atoms with Crippen LogP contribution in [0.25, 0.3) is 0 Å². The lowest BCUT2D eigenvalue weighted by Crippen LogP contribution is -2.70. The van der Waals surface area contributed by atoms with Gasteiger partial charge in [0.25, 0.3) is 0 Å². The number of halogens is 1. The van der Waals surface area contributed by atoms with E-state index in [1.54, 1.807) is 25.1 Å². The van der Waals surface area contributed by atoms with E-state index in [0.29, 0.717) is 10.7 Å². The third-order valence-corrected chi connectivity index (χ3v) is 7.20. The number of sulfonamides is 1. The lowest BCUT2D eigenvalue weighted by molar-refractivity contribution is -0.133. The Kier molecular flexibility index (Phi) is 5.76. The van der Waals surface area contributed by atoms with E-state index >= 15 is 0 Å². The van der Waals surface area contributed by atoms with E-state index in [4.69, 9.17) is 11.6 Å². The van der Waals surface area contributed by atoms with Crippen LogP contribution in [0.4, 0.5) is 5.69 Å². The van der Waals surface area contributed by atoms with Crippen LogP contribution < -0.4 is 10.2 Å². The number of rotatable bonds is 4. The highest BCUT2D eigenvalue weighted by molar-refractivity contribution is 7.88. The predicted molar refractivity (Wildman–Crippen MR) is 109 cm³/mol. The fourth-order valence-corrected chi connectivity index (χ4v) is 4.94. The molecule has 1 N–H and O–H groups in total. The highest BCUT2D eigenvalue weighted by Crippen LogP contribution is 2.33. The number of benzene rings is 1. The molecular weight excluding hydrogens is 402 g/mol. The predicted octanol–water partition coefficient (Wildman–Crippen LogP) is 2.07. The first kappa shape index (κ1) is 21.1. The Labute approximate surface area is 171 Å². The molecule has 2 fully saturated rings. The van der Waals surface area contributed by atoms with Gasteiger partial charge in [0.2, 0.25) is 21.8 Å². The largest absolute Gasteiger partial charge is 0.351 e. The summed E-state index contributed by atoms with van der Waals surface area (Å²) in [5.41, 5.74) is -0.0397. The van der Waals surface area contributed by atoms with Crippen LogP contribution in [0.3, 0.4) is 0 Å². The number of hydrogen-bond acceptors (Lipinski definition) is 4. The van der Waals surface area contributed by atoms with Gasteiger partial charge in [0.1, 0.15) is 5.54 Å². The van der Waals surface area contributed by atoms with E-state index < -0.39 is 21.5 Å². The van der Waals surface area contributed by atoms with Crippen LogP contribution >= 0.6 is 11.6 Å². The monoisotopic (exact) mass is 427 g/mol. The molecular formula is C19H26ClN3O4S. The molecule has 0 bridgehead atoms. The molecule has 0 radical (unpaired) electrons. The number of nitrogens with one attached hydrogen (secondary N) is 1. The van der Waals surface area contributed by atoms with Crippen LogP contribution in [-0.4, -0.2) is 55.5 Å². The molecule has 1 aromatic rings. The standard InChI is InChI=1S/C19H26ClN3O4S/c1-13-8-9-15(10-16(13)20)23-17(24)11-22(28(3,26)27)12-19(23,2)18(25)21-14-6-4-5-7-14/h8-10,14H,4-7,11-12H2,1-3H3,(H,21,25). The summed E-state index contributed by atoms with van der Waals surface area (Å²) >= 11 is 6.25. The number of carbonyl (C=O) groups is 2. The van der Waals surface area contributed by atoms with E-state index in [1.165, 1.54) is 4.90 Å². The van der Waals surface area contributed by atoms with Crippen molar-refractivity contribution in [1.82, 2.24) is 9.62 Å². The number of amides is 2. The maximum Gasteiger partial charge on any atom is 0.247 e. The fraction of sp³-hybridized carbons (Fsp3) is 0.579. The van der Waals surface area contributed by atoms with Gasteiger partial charge in [0, 0.05) is 23.3 Å².